The molecule has 5 nitrogen and oxygen atoms in total. The molecular formula is C11H20N2O3. The summed E-state index contributed by atoms with van der Waals surface area (Å²) >= 11 is 0. The fourth-order valence-corrected chi connectivity index (χ4v) is 1.60. The molecule has 0 bridgehead atoms. The van der Waals surface area contributed by atoms with Gasteiger partial charge in [0.15, 0.2) is 0 Å². The Hall–Kier alpha value is -1.26. The van der Waals surface area contributed by atoms with E-state index in [9.17, 15) is 9.59 Å². The number of ether oxygens (including phenoxy) is 1. The molecule has 1 heterocycles. The highest BCUT2D eigenvalue weighted by Gasteiger charge is 2.38. The van der Waals surface area contributed by atoms with Gasteiger partial charge in [0.1, 0.15) is 11.6 Å². The van der Waals surface area contributed by atoms with Gasteiger partial charge in [-0.15, -0.1) is 0 Å². The van der Waals surface area contributed by atoms with Crippen molar-refractivity contribution in [1.29, 1.82) is 0 Å². The predicted molar refractivity (Wildman–Crippen MR) is 59.9 cm³/mol. The average Bonchev–Trinajstić information content (AvgIpc) is 2.29. The van der Waals surface area contributed by atoms with Gasteiger partial charge in [0.2, 0.25) is 5.91 Å². The van der Waals surface area contributed by atoms with Gasteiger partial charge in [-0.1, -0.05) is 6.92 Å². The maximum Gasteiger partial charge on any atom is 0.408 e. The summed E-state index contributed by atoms with van der Waals surface area (Å²) in [5.41, 5.74) is -0.548. The normalized spacial score (nSPS) is 29.8. The van der Waals surface area contributed by atoms with Crippen molar-refractivity contribution >= 4 is 12.0 Å². The highest BCUT2D eigenvalue weighted by atomic mass is 16.6. The minimum Gasteiger partial charge on any atom is -0.444 e. The summed E-state index contributed by atoms with van der Waals surface area (Å²) in [6.07, 6.45) is -0.548. The Morgan fingerprint density at radius 1 is 1.38 bits per heavy atom. The van der Waals surface area contributed by atoms with Crippen molar-refractivity contribution in [2.24, 2.45) is 5.92 Å². The molecular weight excluding hydrogens is 208 g/mol. The number of carbonyl (C=O) groups excluding carboxylic acids is 2. The maximum atomic E-state index is 11.5. The summed E-state index contributed by atoms with van der Waals surface area (Å²) in [6.45, 7) is 9.19. The maximum absolute atomic E-state index is 11.5. The zero-order valence-electron chi connectivity index (χ0n) is 10.5. The van der Waals surface area contributed by atoms with E-state index in [0.717, 1.165) is 0 Å². The molecule has 16 heavy (non-hydrogen) atoms. The SMILES string of the molecule is C[C@H]1[C@H](NC(=O)OC(C)(C)C)C(=O)N[C@@H]1C. The predicted octanol–water partition coefficient (Wildman–Crippen LogP) is 1.03. The van der Waals surface area contributed by atoms with E-state index in [2.05, 4.69) is 10.6 Å². The highest BCUT2D eigenvalue weighted by Crippen LogP contribution is 2.17. The third-order valence-electron chi connectivity index (χ3n) is 2.64. The highest BCUT2D eigenvalue weighted by molar-refractivity contribution is 5.88. The fourth-order valence-electron chi connectivity index (χ4n) is 1.60. The van der Waals surface area contributed by atoms with Crippen LogP contribution in [0.4, 0.5) is 4.79 Å². The molecule has 1 saturated heterocycles. The minimum absolute atomic E-state index is 0.0695. The van der Waals surface area contributed by atoms with Crippen LogP contribution < -0.4 is 10.6 Å². The molecule has 2 N–H and O–H groups in total. The van der Waals surface area contributed by atoms with Crippen LogP contribution in [0.2, 0.25) is 0 Å². The van der Waals surface area contributed by atoms with E-state index in [0.29, 0.717) is 0 Å². The molecule has 1 aliphatic heterocycles. The molecule has 0 spiro atoms. The van der Waals surface area contributed by atoms with Crippen molar-refractivity contribution in [2.45, 2.75) is 52.3 Å². The van der Waals surface area contributed by atoms with E-state index in [-0.39, 0.29) is 17.9 Å². The van der Waals surface area contributed by atoms with Crippen LogP contribution in [0.5, 0.6) is 0 Å². The van der Waals surface area contributed by atoms with Gasteiger partial charge < -0.3 is 15.4 Å². The van der Waals surface area contributed by atoms with Crippen molar-refractivity contribution in [1.82, 2.24) is 10.6 Å². The minimum atomic E-state index is -0.548. The molecule has 0 saturated carbocycles. The summed E-state index contributed by atoms with van der Waals surface area (Å²) in [6, 6.07) is -0.419. The Morgan fingerprint density at radius 3 is 2.31 bits per heavy atom. The first-order valence-corrected chi connectivity index (χ1v) is 5.50. The first-order valence-electron chi connectivity index (χ1n) is 5.50. The number of alkyl carbamates (subject to hydrolysis) is 1. The summed E-state index contributed by atoms with van der Waals surface area (Å²) in [4.78, 5) is 23.0. The lowest BCUT2D eigenvalue weighted by atomic mass is 10.0. The zero-order valence-corrected chi connectivity index (χ0v) is 10.5. The van der Waals surface area contributed by atoms with Gasteiger partial charge in [-0.3, -0.25) is 4.79 Å². The number of nitrogens with one attached hydrogen (secondary N) is 2. The molecule has 92 valence electrons. The molecule has 5 heteroatoms. The number of amides is 2. The average molecular weight is 228 g/mol. The van der Waals surface area contributed by atoms with Gasteiger partial charge in [-0.2, -0.15) is 0 Å². The number of hydrogen-bond acceptors (Lipinski definition) is 3. The van der Waals surface area contributed by atoms with E-state index in [1.165, 1.54) is 0 Å². The van der Waals surface area contributed by atoms with E-state index >= 15 is 0 Å². The van der Waals surface area contributed by atoms with Crippen LogP contribution in [-0.4, -0.2) is 29.7 Å². The lowest BCUT2D eigenvalue weighted by molar-refractivity contribution is -0.121. The smallest absolute Gasteiger partial charge is 0.408 e. The van der Waals surface area contributed by atoms with Gasteiger partial charge in [-0.25, -0.2) is 4.79 Å². The molecule has 0 aromatic rings. The quantitative estimate of drug-likeness (QED) is 0.704. The summed E-state index contributed by atoms with van der Waals surface area (Å²) in [7, 11) is 0. The van der Waals surface area contributed by atoms with Crippen LogP contribution in [0.3, 0.4) is 0 Å². The molecule has 0 unspecified atom stereocenters. The Kier molecular flexibility index (Phi) is 3.45. The van der Waals surface area contributed by atoms with E-state index in [1.807, 2.05) is 13.8 Å². The van der Waals surface area contributed by atoms with Crippen LogP contribution in [0.1, 0.15) is 34.6 Å². The monoisotopic (exact) mass is 228 g/mol. The third kappa shape index (κ3) is 3.12. The summed E-state index contributed by atoms with van der Waals surface area (Å²) < 4.78 is 5.10. The molecule has 2 amide bonds. The van der Waals surface area contributed by atoms with Crippen LogP contribution >= 0.6 is 0 Å². The van der Waals surface area contributed by atoms with Crippen LogP contribution in [0.25, 0.3) is 0 Å². The number of rotatable bonds is 1. The third-order valence-corrected chi connectivity index (χ3v) is 2.64. The van der Waals surface area contributed by atoms with Gasteiger partial charge in [0.05, 0.1) is 0 Å². The van der Waals surface area contributed by atoms with Crippen molar-refractivity contribution in [3.63, 3.8) is 0 Å². The number of hydrogen-bond donors (Lipinski definition) is 2. The number of carbonyl (C=O) groups is 2. The fraction of sp³-hybridized carbons (Fsp3) is 0.818. The molecule has 0 aromatic heterocycles. The Balaban J connectivity index is 2.55. The molecule has 1 rings (SSSR count). The van der Waals surface area contributed by atoms with Crippen molar-refractivity contribution in [2.75, 3.05) is 0 Å². The first-order chi connectivity index (χ1) is 7.20. The molecule has 1 aliphatic rings. The van der Waals surface area contributed by atoms with Crippen LogP contribution in [0.15, 0.2) is 0 Å². The van der Waals surface area contributed by atoms with Gasteiger partial charge >= 0.3 is 6.09 Å². The van der Waals surface area contributed by atoms with Crippen LogP contribution in [0, 0.1) is 5.92 Å². The summed E-state index contributed by atoms with van der Waals surface area (Å²) in [5, 5.41) is 5.37. The van der Waals surface area contributed by atoms with E-state index < -0.39 is 17.7 Å². The molecule has 0 radical (unpaired) electrons. The topological polar surface area (TPSA) is 67.4 Å². The second kappa shape index (κ2) is 4.31. The second-order valence-corrected chi connectivity index (χ2v) is 5.28. The van der Waals surface area contributed by atoms with Crippen molar-refractivity contribution in [3.05, 3.63) is 0 Å². The van der Waals surface area contributed by atoms with Crippen molar-refractivity contribution < 1.29 is 14.3 Å². The largest absolute Gasteiger partial charge is 0.444 e. The first kappa shape index (κ1) is 12.8. The summed E-state index contributed by atoms with van der Waals surface area (Å²) in [5.74, 6) is -0.0779. The van der Waals surface area contributed by atoms with Gasteiger partial charge in [0, 0.05) is 12.0 Å². The molecule has 3 atom stereocenters. The molecule has 0 aliphatic carbocycles. The van der Waals surface area contributed by atoms with Crippen LogP contribution in [-0.2, 0) is 9.53 Å². The van der Waals surface area contributed by atoms with Gasteiger partial charge in [0.25, 0.3) is 0 Å². The van der Waals surface area contributed by atoms with Crippen molar-refractivity contribution in [3.8, 4) is 0 Å². The van der Waals surface area contributed by atoms with E-state index in [4.69, 9.17) is 4.74 Å². The lowest BCUT2D eigenvalue weighted by Gasteiger charge is -2.22. The zero-order chi connectivity index (χ0) is 12.5. The van der Waals surface area contributed by atoms with E-state index in [1.54, 1.807) is 20.8 Å². The standard InChI is InChI=1S/C11H20N2O3/c1-6-7(2)12-9(14)8(6)13-10(15)16-11(3,4)5/h6-8H,1-5H3,(H,12,14)(H,13,15)/t6-,7-,8+/m1/s1. The second-order valence-electron chi connectivity index (χ2n) is 5.28. The lowest BCUT2D eigenvalue weighted by Crippen LogP contribution is -2.45. The molecule has 0 aromatic carbocycles. The van der Waals surface area contributed by atoms with Gasteiger partial charge in [-0.05, 0) is 27.7 Å². The Bertz CT molecular complexity index is 296. The Morgan fingerprint density at radius 2 is 1.94 bits per heavy atom. The molecule has 1 fully saturated rings. The Labute approximate surface area is 95.9 Å².